The SMILES string of the molecule is C=CC(=O)Nc1ccc(C(=O)N2[C@H](C)C[C@H]3CN(C(=O)OC(C)(C)C)C[C@H]32)cc1. The second-order valence-corrected chi connectivity index (χ2v) is 8.78. The maximum Gasteiger partial charge on any atom is 0.410 e. The van der Waals surface area contributed by atoms with E-state index in [1.807, 2.05) is 32.6 Å². The van der Waals surface area contributed by atoms with Gasteiger partial charge in [0.15, 0.2) is 0 Å². The highest BCUT2D eigenvalue weighted by atomic mass is 16.6. The van der Waals surface area contributed by atoms with Crippen molar-refractivity contribution in [3.8, 4) is 0 Å². The molecule has 3 atom stereocenters. The Bertz CT molecular complexity index is 812. The van der Waals surface area contributed by atoms with Crippen molar-refractivity contribution < 1.29 is 19.1 Å². The van der Waals surface area contributed by atoms with Gasteiger partial charge in [-0.1, -0.05) is 6.58 Å². The van der Waals surface area contributed by atoms with Crippen molar-refractivity contribution in [2.24, 2.45) is 5.92 Å². The van der Waals surface area contributed by atoms with Crippen molar-refractivity contribution in [1.82, 2.24) is 9.80 Å². The largest absolute Gasteiger partial charge is 0.444 e. The molecule has 2 fully saturated rings. The Morgan fingerprint density at radius 1 is 1.17 bits per heavy atom. The molecule has 2 aliphatic rings. The summed E-state index contributed by atoms with van der Waals surface area (Å²) in [7, 11) is 0. The number of anilines is 1. The number of carbonyl (C=O) groups is 3. The fourth-order valence-electron chi connectivity index (χ4n) is 4.14. The van der Waals surface area contributed by atoms with Crippen molar-refractivity contribution in [3.63, 3.8) is 0 Å². The Morgan fingerprint density at radius 2 is 1.83 bits per heavy atom. The molecule has 0 radical (unpaired) electrons. The molecule has 3 amide bonds. The number of carbonyl (C=O) groups excluding carboxylic acids is 3. The standard InChI is InChI=1S/C22H29N3O4/c1-6-19(26)23-17-9-7-15(8-10-17)20(27)25-14(2)11-16-12-24(13-18(16)25)21(28)29-22(3,4)5/h6-10,14,16,18H,1,11-13H2,2-5H3,(H,23,26)/t14-,16+,18-/m1/s1. The van der Waals surface area contributed by atoms with Crippen LogP contribution in [-0.2, 0) is 9.53 Å². The van der Waals surface area contributed by atoms with Crippen LogP contribution in [0.4, 0.5) is 10.5 Å². The summed E-state index contributed by atoms with van der Waals surface area (Å²) in [4.78, 5) is 40.6. The van der Waals surface area contributed by atoms with Crippen LogP contribution >= 0.6 is 0 Å². The summed E-state index contributed by atoms with van der Waals surface area (Å²) in [6.45, 7) is 12.1. The number of hydrogen-bond donors (Lipinski definition) is 1. The normalized spacial score (nSPS) is 23.5. The molecule has 0 saturated carbocycles. The summed E-state index contributed by atoms with van der Waals surface area (Å²) in [5, 5.41) is 2.67. The van der Waals surface area contributed by atoms with Crippen LogP contribution in [0, 0.1) is 5.92 Å². The number of fused-ring (bicyclic) bond motifs is 1. The van der Waals surface area contributed by atoms with Gasteiger partial charge in [0.05, 0.1) is 6.04 Å². The van der Waals surface area contributed by atoms with Crippen molar-refractivity contribution in [3.05, 3.63) is 42.5 Å². The van der Waals surface area contributed by atoms with Crippen LogP contribution in [0.5, 0.6) is 0 Å². The van der Waals surface area contributed by atoms with Crippen molar-refractivity contribution in [2.45, 2.75) is 51.8 Å². The third-order valence-electron chi connectivity index (χ3n) is 5.35. The molecule has 0 bridgehead atoms. The highest BCUT2D eigenvalue weighted by Crippen LogP contribution is 2.37. The monoisotopic (exact) mass is 399 g/mol. The molecule has 0 aliphatic carbocycles. The number of hydrogen-bond acceptors (Lipinski definition) is 4. The number of nitrogens with zero attached hydrogens (tertiary/aromatic N) is 2. The first-order valence-electron chi connectivity index (χ1n) is 9.93. The molecule has 29 heavy (non-hydrogen) atoms. The Labute approximate surface area is 171 Å². The maximum atomic E-state index is 13.2. The van der Waals surface area contributed by atoms with E-state index in [1.165, 1.54) is 6.08 Å². The highest BCUT2D eigenvalue weighted by Gasteiger charge is 2.48. The zero-order valence-corrected chi connectivity index (χ0v) is 17.5. The number of nitrogens with one attached hydrogen (secondary N) is 1. The molecule has 2 aliphatic heterocycles. The summed E-state index contributed by atoms with van der Waals surface area (Å²) < 4.78 is 5.49. The predicted octanol–water partition coefficient (Wildman–Crippen LogP) is 3.28. The lowest BCUT2D eigenvalue weighted by Crippen LogP contribution is -2.44. The number of likely N-dealkylation sites (tertiary alicyclic amines) is 2. The van der Waals surface area contributed by atoms with Crippen LogP contribution in [0.25, 0.3) is 0 Å². The molecule has 1 aromatic rings. The summed E-state index contributed by atoms with van der Waals surface area (Å²) in [6.07, 6.45) is 1.74. The molecular weight excluding hydrogens is 370 g/mol. The van der Waals surface area contributed by atoms with Gasteiger partial charge in [-0.25, -0.2) is 4.79 Å². The van der Waals surface area contributed by atoms with E-state index < -0.39 is 5.60 Å². The van der Waals surface area contributed by atoms with Crippen LogP contribution in [0.1, 0.15) is 44.5 Å². The Morgan fingerprint density at radius 3 is 2.41 bits per heavy atom. The lowest BCUT2D eigenvalue weighted by Gasteiger charge is -2.30. The van der Waals surface area contributed by atoms with Crippen LogP contribution < -0.4 is 5.32 Å². The molecule has 2 heterocycles. The quantitative estimate of drug-likeness (QED) is 0.791. The first-order chi connectivity index (χ1) is 13.6. The van der Waals surface area contributed by atoms with E-state index in [9.17, 15) is 14.4 Å². The number of rotatable bonds is 3. The van der Waals surface area contributed by atoms with Gasteiger partial charge in [0.2, 0.25) is 5.91 Å². The minimum Gasteiger partial charge on any atom is -0.444 e. The second-order valence-electron chi connectivity index (χ2n) is 8.78. The van der Waals surface area contributed by atoms with Crippen LogP contribution in [0.3, 0.4) is 0 Å². The van der Waals surface area contributed by atoms with Gasteiger partial charge in [-0.05, 0) is 64.5 Å². The third-order valence-corrected chi connectivity index (χ3v) is 5.35. The summed E-state index contributed by atoms with van der Waals surface area (Å²) >= 11 is 0. The molecule has 0 spiro atoms. The van der Waals surface area contributed by atoms with E-state index >= 15 is 0 Å². The summed E-state index contributed by atoms with van der Waals surface area (Å²) in [6, 6.07) is 6.93. The Kier molecular flexibility index (Phi) is 5.68. The number of benzene rings is 1. The second kappa shape index (κ2) is 7.89. The van der Waals surface area contributed by atoms with Crippen LogP contribution in [-0.4, -0.2) is 58.5 Å². The van der Waals surface area contributed by atoms with Crippen LogP contribution in [0.15, 0.2) is 36.9 Å². The molecular formula is C22H29N3O4. The first kappa shape index (κ1) is 20.9. The average Bonchev–Trinajstić information content (AvgIpc) is 3.17. The Balaban J connectivity index is 1.70. The molecule has 3 rings (SSSR count). The third kappa shape index (κ3) is 4.60. The van der Waals surface area contributed by atoms with Gasteiger partial charge in [0.25, 0.3) is 5.91 Å². The maximum absolute atomic E-state index is 13.2. The molecule has 156 valence electrons. The van der Waals surface area contributed by atoms with Gasteiger partial charge in [0, 0.05) is 36.3 Å². The molecule has 1 aromatic carbocycles. The lowest BCUT2D eigenvalue weighted by molar-refractivity contribution is -0.111. The average molecular weight is 399 g/mol. The fraction of sp³-hybridized carbons (Fsp3) is 0.500. The fourth-order valence-corrected chi connectivity index (χ4v) is 4.14. The van der Waals surface area contributed by atoms with Gasteiger partial charge in [0.1, 0.15) is 5.60 Å². The Hall–Kier alpha value is -2.83. The van der Waals surface area contributed by atoms with E-state index in [0.29, 0.717) is 24.3 Å². The minimum atomic E-state index is -0.541. The molecule has 7 heteroatoms. The van der Waals surface area contributed by atoms with E-state index in [2.05, 4.69) is 11.9 Å². The smallest absolute Gasteiger partial charge is 0.410 e. The molecule has 0 aromatic heterocycles. The molecule has 7 nitrogen and oxygen atoms in total. The van der Waals surface area contributed by atoms with Crippen molar-refractivity contribution in [1.29, 1.82) is 0 Å². The van der Waals surface area contributed by atoms with Crippen molar-refractivity contribution in [2.75, 3.05) is 18.4 Å². The summed E-state index contributed by atoms with van der Waals surface area (Å²) in [5.41, 5.74) is 0.626. The molecule has 0 unspecified atom stereocenters. The molecule has 1 N–H and O–H groups in total. The van der Waals surface area contributed by atoms with Gasteiger partial charge in [-0.15, -0.1) is 0 Å². The van der Waals surface area contributed by atoms with Crippen molar-refractivity contribution >= 4 is 23.6 Å². The lowest BCUT2D eigenvalue weighted by atomic mass is 10.0. The zero-order chi connectivity index (χ0) is 21.3. The topological polar surface area (TPSA) is 79.0 Å². The van der Waals surface area contributed by atoms with Gasteiger partial charge in [-0.2, -0.15) is 0 Å². The first-order valence-corrected chi connectivity index (χ1v) is 9.93. The predicted molar refractivity (Wildman–Crippen MR) is 111 cm³/mol. The van der Waals surface area contributed by atoms with E-state index in [0.717, 1.165) is 6.42 Å². The number of ether oxygens (including phenoxy) is 1. The minimum absolute atomic E-state index is 0.00911. The van der Waals surface area contributed by atoms with E-state index in [-0.39, 0.29) is 35.9 Å². The zero-order valence-electron chi connectivity index (χ0n) is 17.5. The summed E-state index contributed by atoms with van der Waals surface area (Å²) in [5.74, 6) is -0.0986. The van der Waals surface area contributed by atoms with Crippen LogP contribution in [0.2, 0.25) is 0 Å². The number of amides is 3. The van der Waals surface area contributed by atoms with Gasteiger partial charge < -0.3 is 19.9 Å². The highest BCUT2D eigenvalue weighted by molar-refractivity contribution is 6.00. The van der Waals surface area contributed by atoms with E-state index in [4.69, 9.17) is 4.74 Å². The van der Waals surface area contributed by atoms with Gasteiger partial charge >= 0.3 is 6.09 Å². The molecule has 2 saturated heterocycles. The van der Waals surface area contributed by atoms with E-state index in [1.54, 1.807) is 29.2 Å². The van der Waals surface area contributed by atoms with Gasteiger partial charge in [-0.3, -0.25) is 9.59 Å².